The van der Waals surface area contributed by atoms with Crippen molar-refractivity contribution in [2.45, 2.75) is 6.54 Å². The highest BCUT2D eigenvalue weighted by molar-refractivity contribution is 5.83. The lowest BCUT2D eigenvalue weighted by Gasteiger charge is -2.07. The minimum atomic E-state index is -0.185. The molecule has 0 aliphatic heterocycles. The Kier molecular flexibility index (Phi) is 4.17. The van der Waals surface area contributed by atoms with E-state index in [-0.39, 0.29) is 18.4 Å². The number of methoxy groups -OCH3 is 1. The summed E-state index contributed by atoms with van der Waals surface area (Å²) in [6.45, 7) is 0.941. The molecule has 0 spiro atoms. The Morgan fingerprint density at radius 2 is 2.40 bits per heavy atom. The number of carbonyl (C=O) groups excluding carboxylic acids is 1. The highest BCUT2D eigenvalue weighted by Gasteiger charge is 2.12. The number of nitrogen functional groups attached to an aromatic ring is 1. The van der Waals surface area contributed by atoms with Crippen molar-refractivity contribution in [1.29, 1.82) is 5.26 Å². The summed E-state index contributed by atoms with van der Waals surface area (Å²) in [5, 5.41) is 11.6. The molecule has 0 aliphatic rings. The molecule has 0 aliphatic carbocycles. The van der Waals surface area contributed by atoms with E-state index in [4.69, 9.17) is 15.7 Å². The van der Waals surface area contributed by atoms with E-state index >= 15 is 0 Å². The van der Waals surface area contributed by atoms with Crippen LogP contribution in [0, 0.1) is 11.3 Å². The largest absolute Gasteiger partial charge is 0.383 e. The molecule has 7 nitrogen and oxygen atoms in total. The predicted molar refractivity (Wildman–Crippen MR) is 73.7 cm³/mol. The van der Waals surface area contributed by atoms with Crippen molar-refractivity contribution in [3.63, 3.8) is 0 Å². The van der Waals surface area contributed by atoms with Crippen molar-refractivity contribution in [1.82, 2.24) is 14.9 Å². The van der Waals surface area contributed by atoms with Crippen LogP contribution in [0.5, 0.6) is 0 Å². The third-order valence-corrected chi connectivity index (χ3v) is 2.84. The van der Waals surface area contributed by atoms with Crippen LogP contribution < -0.4 is 11.1 Å². The van der Waals surface area contributed by atoms with E-state index in [0.29, 0.717) is 29.7 Å². The Balaban J connectivity index is 2.22. The maximum Gasteiger partial charge on any atom is 0.240 e. The fraction of sp³-hybridized carbons (Fsp3) is 0.308. The number of hydrogen-bond donors (Lipinski definition) is 2. The number of imidazole rings is 1. The molecule has 1 amide bonds. The molecule has 2 rings (SSSR count). The van der Waals surface area contributed by atoms with Crippen LogP contribution in [-0.2, 0) is 16.1 Å². The molecule has 0 fully saturated rings. The average Bonchev–Trinajstić information content (AvgIpc) is 2.75. The van der Waals surface area contributed by atoms with Crippen LogP contribution in [0.1, 0.15) is 5.56 Å². The number of fused-ring (bicyclic) bond motifs is 1. The van der Waals surface area contributed by atoms with E-state index in [2.05, 4.69) is 16.4 Å². The lowest BCUT2D eigenvalue weighted by molar-refractivity contribution is -0.121. The van der Waals surface area contributed by atoms with Crippen molar-refractivity contribution in [3.05, 3.63) is 23.8 Å². The van der Waals surface area contributed by atoms with E-state index < -0.39 is 0 Å². The fourth-order valence-electron chi connectivity index (χ4n) is 1.87. The van der Waals surface area contributed by atoms with Gasteiger partial charge in [-0.05, 0) is 18.2 Å². The minimum Gasteiger partial charge on any atom is -0.383 e. The second-order valence-corrected chi connectivity index (χ2v) is 4.21. The molecule has 104 valence electrons. The zero-order valence-corrected chi connectivity index (χ0v) is 11.1. The van der Waals surface area contributed by atoms with Gasteiger partial charge in [0.1, 0.15) is 6.54 Å². The smallest absolute Gasteiger partial charge is 0.240 e. The van der Waals surface area contributed by atoms with E-state index in [1.165, 1.54) is 0 Å². The van der Waals surface area contributed by atoms with Crippen LogP contribution in [0.3, 0.4) is 0 Å². The van der Waals surface area contributed by atoms with Gasteiger partial charge in [-0.15, -0.1) is 0 Å². The normalized spacial score (nSPS) is 10.4. The number of aromatic nitrogens is 2. The number of nitrogens with zero attached hydrogens (tertiary/aromatic N) is 3. The summed E-state index contributed by atoms with van der Waals surface area (Å²) < 4.78 is 6.44. The summed E-state index contributed by atoms with van der Waals surface area (Å²) >= 11 is 0. The molecule has 0 bridgehead atoms. The summed E-state index contributed by atoms with van der Waals surface area (Å²) in [7, 11) is 1.57. The van der Waals surface area contributed by atoms with Crippen molar-refractivity contribution in [3.8, 4) is 6.07 Å². The highest BCUT2D eigenvalue weighted by Crippen LogP contribution is 2.19. The zero-order valence-electron chi connectivity index (χ0n) is 11.1. The Morgan fingerprint density at radius 1 is 1.60 bits per heavy atom. The van der Waals surface area contributed by atoms with Gasteiger partial charge in [0.25, 0.3) is 0 Å². The molecular weight excluding hydrogens is 258 g/mol. The lowest BCUT2D eigenvalue weighted by atomic mass is 10.2. The number of amides is 1. The Morgan fingerprint density at radius 3 is 3.10 bits per heavy atom. The SMILES string of the molecule is COCCNC(=O)Cn1c(N)nc2ccc(C#N)cc21. The summed E-state index contributed by atoms with van der Waals surface area (Å²) in [5.74, 6) is 0.0624. The first-order valence-corrected chi connectivity index (χ1v) is 6.07. The molecule has 2 aromatic rings. The third-order valence-electron chi connectivity index (χ3n) is 2.84. The number of anilines is 1. The summed E-state index contributed by atoms with van der Waals surface area (Å²) in [6, 6.07) is 7.10. The third kappa shape index (κ3) is 2.87. The van der Waals surface area contributed by atoms with E-state index in [9.17, 15) is 4.79 Å². The van der Waals surface area contributed by atoms with E-state index in [0.717, 1.165) is 0 Å². The van der Waals surface area contributed by atoms with Crippen LogP contribution in [0.25, 0.3) is 11.0 Å². The number of nitriles is 1. The number of carbonyl (C=O) groups is 1. The summed E-state index contributed by atoms with van der Waals surface area (Å²) in [5.41, 5.74) is 7.64. The van der Waals surface area contributed by atoms with Crippen molar-refractivity contribution >= 4 is 22.9 Å². The van der Waals surface area contributed by atoms with Crippen LogP contribution in [-0.4, -0.2) is 35.7 Å². The summed E-state index contributed by atoms with van der Waals surface area (Å²) in [6.07, 6.45) is 0. The van der Waals surface area contributed by atoms with Gasteiger partial charge in [-0.1, -0.05) is 0 Å². The number of ether oxygens (including phenoxy) is 1. The molecule has 0 saturated heterocycles. The van der Waals surface area contributed by atoms with Gasteiger partial charge in [-0.2, -0.15) is 5.26 Å². The van der Waals surface area contributed by atoms with Crippen LogP contribution >= 0.6 is 0 Å². The zero-order chi connectivity index (χ0) is 14.5. The van der Waals surface area contributed by atoms with Crippen molar-refractivity contribution < 1.29 is 9.53 Å². The highest BCUT2D eigenvalue weighted by atomic mass is 16.5. The molecule has 0 atom stereocenters. The first-order chi connectivity index (χ1) is 9.65. The Bertz CT molecular complexity index is 671. The quantitative estimate of drug-likeness (QED) is 0.760. The van der Waals surface area contributed by atoms with Gasteiger partial charge in [0.15, 0.2) is 0 Å². The van der Waals surface area contributed by atoms with Crippen LogP contribution in [0.4, 0.5) is 5.95 Å². The molecule has 20 heavy (non-hydrogen) atoms. The first kappa shape index (κ1) is 13.8. The minimum absolute atomic E-state index is 0.0565. The molecule has 0 radical (unpaired) electrons. The second kappa shape index (κ2) is 6.04. The molecule has 7 heteroatoms. The second-order valence-electron chi connectivity index (χ2n) is 4.21. The van der Waals surface area contributed by atoms with Crippen molar-refractivity contribution in [2.75, 3.05) is 26.0 Å². The Labute approximate surface area is 115 Å². The molecule has 3 N–H and O–H groups in total. The average molecular weight is 273 g/mol. The van der Waals surface area contributed by atoms with Gasteiger partial charge >= 0.3 is 0 Å². The van der Waals surface area contributed by atoms with Crippen LogP contribution in [0.2, 0.25) is 0 Å². The maximum atomic E-state index is 11.8. The monoisotopic (exact) mass is 273 g/mol. The number of rotatable bonds is 5. The molecule has 0 saturated carbocycles. The molecule has 1 aromatic carbocycles. The number of nitrogens with two attached hydrogens (primary N) is 1. The lowest BCUT2D eigenvalue weighted by Crippen LogP contribution is -2.30. The van der Waals surface area contributed by atoms with E-state index in [1.807, 2.05) is 0 Å². The van der Waals surface area contributed by atoms with Crippen molar-refractivity contribution in [2.24, 2.45) is 0 Å². The van der Waals surface area contributed by atoms with E-state index in [1.54, 1.807) is 29.9 Å². The maximum absolute atomic E-state index is 11.8. The van der Waals surface area contributed by atoms with Crippen LogP contribution in [0.15, 0.2) is 18.2 Å². The molecule has 0 unspecified atom stereocenters. The number of hydrogen-bond acceptors (Lipinski definition) is 5. The van der Waals surface area contributed by atoms with Gasteiger partial charge in [0, 0.05) is 13.7 Å². The summed E-state index contributed by atoms with van der Waals surface area (Å²) in [4.78, 5) is 16.0. The fourth-order valence-corrected chi connectivity index (χ4v) is 1.87. The topological polar surface area (TPSA) is 106 Å². The molecular formula is C13H15N5O2. The number of benzene rings is 1. The standard InChI is InChI=1S/C13H15N5O2/c1-20-5-4-16-12(19)8-18-11-6-9(7-14)2-3-10(11)17-13(18)15/h2-3,6H,4-5,8H2,1H3,(H2,15,17)(H,16,19). The Hall–Kier alpha value is -2.59. The van der Waals surface area contributed by atoms with Gasteiger partial charge in [-0.3, -0.25) is 4.79 Å². The first-order valence-electron chi connectivity index (χ1n) is 6.07. The number of nitrogens with one attached hydrogen (secondary N) is 1. The van der Waals surface area contributed by atoms with Gasteiger partial charge in [-0.25, -0.2) is 4.98 Å². The van der Waals surface area contributed by atoms with Gasteiger partial charge in [0.2, 0.25) is 11.9 Å². The molecule has 1 aromatic heterocycles. The predicted octanol–water partition coefficient (Wildman–Crippen LogP) is 0.253. The van der Waals surface area contributed by atoms with Gasteiger partial charge < -0.3 is 20.4 Å². The van der Waals surface area contributed by atoms with Gasteiger partial charge in [0.05, 0.1) is 29.3 Å². The molecule has 1 heterocycles.